The van der Waals surface area contributed by atoms with Crippen molar-refractivity contribution >= 4 is 24.0 Å². The van der Waals surface area contributed by atoms with E-state index in [4.69, 9.17) is 14.5 Å². The summed E-state index contributed by atoms with van der Waals surface area (Å²) in [6, 6.07) is 14.7. The second kappa shape index (κ2) is 16.8. The van der Waals surface area contributed by atoms with Crippen molar-refractivity contribution in [3.05, 3.63) is 72.6 Å². The van der Waals surface area contributed by atoms with Gasteiger partial charge in [0.2, 0.25) is 11.8 Å². The van der Waals surface area contributed by atoms with Gasteiger partial charge in [0.25, 0.3) is 0 Å². The Hall–Kier alpha value is -5.66. The minimum atomic E-state index is -0.699. The van der Waals surface area contributed by atoms with Gasteiger partial charge >= 0.3 is 12.2 Å². The summed E-state index contributed by atoms with van der Waals surface area (Å²) in [7, 11) is 2.58. The fraction of sp³-hybridized carbons (Fsp3) is 0.463. The Balaban J connectivity index is 1.12. The minimum Gasteiger partial charge on any atom is -0.453 e. The Morgan fingerprint density at radius 2 is 1.13 bits per heavy atom. The molecule has 4 aromatic rings. The number of likely N-dealkylation sites (tertiary alicyclic amines) is 2. The zero-order valence-electron chi connectivity index (χ0n) is 32.6. The predicted octanol–water partition coefficient (Wildman–Crippen LogP) is 6.47. The molecule has 0 saturated carbocycles. The van der Waals surface area contributed by atoms with E-state index in [1.807, 2.05) is 32.6 Å². The molecule has 2 aromatic carbocycles. The fourth-order valence-electron chi connectivity index (χ4n) is 7.61. The lowest BCUT2D eigenvalue weighted by molar-refractivity contribution is -0.136. The van der Waals surface area contributed by atoms with Crippen molar-refractivity contribution in [2.24, 2.45) is 17.8 Å². The number of carbonyl (C=O) groups is 4. The first-order valence-electron chi connectivity index (χ1n) is 19.0. The van der Waals surface area contributed by atoms with Gasteiger partial charge < -0.3 is 39.9 Å². The topological polar surface area (TPSA) is 175 Å². The Morgan fingerprint density at radius 3 is 1.58 bits per heavy atom. The number of ether oxygens (including phenoxy) is 2. The predicted molar refractivity (Wildman–Crippen MR) is 207 cm³/mol. The van der Waals surface area contributed by atoms with Crippen molar-refractivity contribution in [1.82, 2.24) is 40.4 Å². The molecule has 14 nitrogen and oxygen atoms in total. The van der Waals surface area contributed by atoms with Crippen molar-refractivity contribution < 1.29 is 28.7 Å². The maximum Gasteiger partial charge on any atom is 0.407 e. The lowest BCUT2D eigenvalue weighted by Crippen LogP contribution is -2.51. The van der Waals surface area contributed by atoms with Crippen LogP contribution in [0.25, 0.3) is 33.6 Å². The van der Waals surface area contributed by atoms with Crippen LogP contribution in [0.15, 0.2) is 60.9 Å². The number of alkyl carbamates (subject to hydrolysis) is 2. The highest BCUT2D eigenvalue weighted by molar-refractivity contribution is 5.87. The average Bonchev–Trinajstić information content (AvgIpc) is 4.02. The van der Waals surface area contributed by atoms with E-state index in [0.29, 0.717) is 13.1 Å². The molecule has 2 aliphatic rings. The first-order chi connectivity index (χ1) is 26.4. The summed E-state index contributed by atoms with van der Waals surface area (Å²) in [5.74, 6) is 1.22. The van der Waals surface area contributed by atoms with E-state index in [1.54, 1.807) is 17.3 Å². The van der Waals surface area contributed by atoms with Crippen LogP contribution in [0, 0.1) is 17.8 Å². The van der Waals surface area contributed by atoms with E-state index in [0.717, 1.165) is 64.6 Å². The molecule has 2 unspecified atom stereocenters. The molecule has 2 aliphatic heterocycles. The lowest BCUT2D eigenvalue weighted by atomic mass is 10.0. The van der Waals surface area contributed by atoms with E-state index in [2.05, 4.69) is 81.0 Å². The highest BCUT2D eigenvalue weighted by Crippen LogP contribution is 2.37. The van der Waals surface area contributed by atoms with Gasteiger partial charge in [0.1, 0.15) is 23.7 Å². The number of imidazole rings is 2. The van der Waals surface area contributed by atoms with Gasteiger partial charge in [-0.25, -0.2) is 19.6 Å². The number of carbonyl (C=O) groups excluding carboxylic acids is 4. The second-order valence-electron chi connectivity index (χ2n) is 15.3. The van der Waals surface area contributed by atoms with E-state index in [9.17, 15) is 19.2 Å². The van der Waals surface area contributed by atoms with Crippen LogP contribution in [-0.4, -0.2) is 93.1 Å². The van der Waals surface area contributed by atoms with Gasteiger partial charge in [-0.2, -0.15) is 0 Å². The Bertz CT molecular complexity index is 1970. The fourth-order valence-corrected chi connectivity index (χ4v) is 7.61. The molecule has 4 amide bonds. The van der Waals surface area contributed by atoms with Crippen molar-refractivity contribution in [2.45, 2.75) is 78.0 Å². The molecule has 2 aromatic heterocycles. The van der Waals surface area contributed by atoms with E-state index < -0.39 is 24.3 Å². The molecule has 4 heterocycles. The molecular weight excluding hydrogens is 701 g/mol. The molecule has 0 aliphatic carbocycles. The first-order valence-corrected chi connectivity index (χ1v) is 19.0. The molecule has 0 radical (unpaired) electrons. The molecule has 4 N–H and O–H groups in total. The third kappa shape index (κ3) is 8.53. The van der Waals surface area contributed by atoms with Crippen LogP contribution >= 0.6 is 0 Å². The monoisotopic (exact) mass is 752 g/mol. The van der Waals surface area contributed by atoms with E-state index >= 15 is 0 Å². The molecule has 14 heteroatoms. The minimum absolute atomic E-state index is 0.105. The zero-order valence-corrected chi connectivity index (χ0v) is 32.6. The van der Waals surface area contributed by atoms with Gasteiger partial charge in [-0.15, -0.1) is 0 Å². The van der Waals surface area contributed by atoms with E-state index in [1.165, 1.54) is 14.2 Å². The number of hydrogen-bond donors (Lipinski definition) is 4. The largest absolute Gasteiger partial charge is 0.453 e. The first kappa shape index (κ1) is 39.0. The molecular formula is C41H52N8O6. The van der Waals surface area contributed by atoms with Gasteiger partial charge in [-0.05, 0) is 59.3 Å². The number of hydrogen-bond acceptors (Lipinski definition) is 8. The number of H-pyrrole nitrogens is 2. The quantitative estimate of drug-likeness (QED) is 0.135. The Morgan fingerprint density at radius 1 is 0.691 bits per heavy atom. The van der Waals surface area contributed by atoms with E-state index in [-0.39, 0.29) is 41.7 Å². The highest BCUT2D eigenvalue weighted by atomic mass is 16.5. The van der Waals surface area contributed by atoms with Crippen LogP contribution in [-0.2, 0) is 19.1 Å². The summed E-state index contributed by atoms with van der Waals surface area (Å²) >= 11 is 0. The smallest absolute Gasteiger partial charge is 0.407 e. The Kier molecular flexibility index (Phi) is 11.9. The molecule has 2 fully saturated rings. The number of aromatic amines is 2. The molecule has 55 heavy (non-hydrogen) atoms. The maximum absolute atomic E-state index is 13.7. The van der Waals surface area contributed by atoms with Crippen molar-refractivity contribution in [2.75, 3.05) is 27.3 Å². The van der Waals surface area contributed by atoms with Crippen LogP contribution in [0.5, 0.6) is 0 Å². The Labute approximate surface area is 321 Å². The average molecular weight is 753 g/mol. The number of methoxy groups -OCH3 is 2. The van der Waals surface area contributed by atoms with Crippen molar-refractivity contribution in [1.29, 1.82) is 0 Å². The normalized spacial score (nSPS) is 19.4. The SMILES string of the molecule is COC(=O)NC(C(=O)N1CCC[C@H]1c1ncc(-c2ccc(-c3ccc(-c4cnc([C@@H]5C[C@@H](C)CN5C(=O)C(NC(=O)OC)C(C)C)[nH]4)cc3)cc2)[nH]1)C(C)C. The molecule has 6 rings (SSSR count). The third-order valence-electron chi connectivity index (χ3n) is 10.7. The van der Waals surface area contributed by atoms with Crippen molar-refractivity contribution in [3.63, 3.8) is 0 Å². The number of benzene rings is 2. The summed E-state index contributed by atoms with van der Waals surface area (Å²) in [6.45, 7) is 10.9. The lowest BCUT2D eigenvalue weighted by Gasteiger charge is -2.30. The molecule has 292 valence electrons. The molecule has 0 bridgehead atoms. The van der Waals surface area contributed by atoms with Crippen LogP contribution in [0.1, 0.15) is 77.6 Å². The summed E-state index contributed by atoms with van der Waals surface area (Å²) in [5.41, 5.74) is 5.77. The van der Waals surface area contributed by atoms with Crippen LogP contribution in [0.3, 0.4) is 0 Å². The third-order valence-corrected chi connectivity index (χ3v) is 10.7. The summed E-state index contributed by atoms with van der Waals surface area (Å²) in [5, 5.41) is 5.40. The molecule has 2 saturated heterocycles. The summed E-state index contributed by atoms with van der Waals surface area (Å²) in [6.07, 6.45) is 4.75. The number of amides is 4. The van der Waals surface area contributed by atoms with Gasteiger partial charge in [-0.3, -0.25) is 9.59 Å². The molecule has 0 spiro atoms. The van der Waals surface area contributed by atoms with Crippen molar-refractivity contribution in [3.8, 4) is 33.6 Å². The van der Waals surface area contributed by atoms with Gasteiger partial charge in [-0.1, -0.05) is 83.1 Å². The number of nitrogens with zero attached hydrogens (tertiary/aromatic N) is 4. The van der Waals surface area contributed by atoms with Gasteiger partial charge in [0.15, 0.2) is 0 Å². The van der Waals surface area contributed by atoms with Gasteiger partial charge in [0.05, 0.1) is 50.1 Å². The number of nitrogens with one attached hydrogen (secondary N) is 4. The van der Waals surface area contributed by atoms with Crippen LogP contribution in [0.2, 0.25) is 0 Å². The second-order valence-corrected chi connectivity index (χ2v) is 15.3. The van der Waals surface area contributed by atoms with Gasteiger partial charge in [0, 0.05) is 13.1 Å². The highest BCUT2D eigenvalue weighted by Gasteiger charge is 2.40. The maximum atomic E-state index is 13.7. The number of rotatable bonds is 11. The standard InChI is InChI=1S/C41H52N8O6/c1-23(2)34(46-40(52)54-6)38(50)48-18-8-9-32(48)36-42-20-30(44-36)28-14-10-26(11-15-28)27-12-16-29(17-13-27)31-21-43-37(45-31)33-19-25(5)22-49(33)39(51)35(24(3)4)47-41(53)55-7/h10-17,20-21,23-25,32-35H,8-9,18-19,22H2,1-7H3,(H,42,44)(H,43,45)(H,46,52)(H,47,53)/t25-,32+,33+,34?,35?/m1/s1. The molecule has 5 atom stereocenters. The number of aromatic nitrogens is 4. The van der Waals surface area contributed by atoms with Crippen LogP contribution < -0.4 is 10.6 Å². The van der Waals surface area contributed by atoms with Crippen LogP contribution in [0.4, 0.5) is 9.59 Å². The summed E-state index contributed by atoms with van der Waals surface area (Å²) in [4.78, 5) is 71.0. The summed E-state index contributed by atoms with van der Waals surface area (Å²) < 4.78 is 9.52. The zero-order chi connectivity index (χ0) is 39.4.